The van der Waals surface area contributed by atoms with Crippen LogP contribution in [0.4, 0.5) is 11.5 Å². The Morgan fingerprint density at radius 1 is 1.09 bits per heavy atom. The van der Waals surface area contributed by atoms with Gasteiger partial charge >= 0.3 is 0 Å². The van der Waals surface area contributed by atoms with E-state index in [4.69, 9.17) is 9.97 Å². The summed E-state index contributed by atoms with van der Waals surface area (Å²) in [5.41, 5.74) is 4.47. The van der Waals surface area contributed by atoms with Gasteiger partial charge in [-0.15, -0.1) is 0 Å². The standard InChI is InChI=1S/C25H32N6O2/c1-17(32)30-12-3-5-22(30)25-27-21-16-29(14-11-20(21)24(26-2)28-25)15-18-7-9-19(10-8-18)31-13-4-6-23(31)33/h7-10,22H,3-6,11-16H2,1-2H3,(H,26,27,28)/t22-/m0/s1. The van der Waals surface area contributed by atoms with Crippen molar-refractivity contribution in [3.05, 3.63) is 46.9 Å². The summed E-state index contributed by atoms with van der Waals surface area (Å²) in [7, 11) is 1.91. The van der Waals surface area contributed by atoms with E-state index in [0.717, 1.165) is 81.4 Å². The molecule has 0 aliphatic carbocycles. The summed E-state index contributed by atoms with van der Waals surface area (Å²) >= 11 is 0. The van der Waals surface area contributed by atoms with Crippen LogP contribution in [-0.4, -0.2) is 58.3 Å². The molecule has 8 heteroatoms. The van der Waals surface area contributed by atoms with Crippen molar-refractivity contribution < 1.29 is 9.59 Å². The fourth-order valence-corrected chi connectivity index (χ4v) is 5.37. The van der Waals surface area contributed by atoms with Gasteiger partial charge in [-0.3, -0.25) is 14.5 Å². The Hall–Kier alpha value is -3.00. The largest absolute Gasteiger partial charge is 0.373 e. The lowest BCUT2D eigenvalue weighted by atomic mass is 10.0. The molecule has 1 atom stereocenters. The number of nitrogens with one attached hydrogen (secondary N) is 1. The van der Waals surface area contributed by atoms with E-state index < -0.39 is 0 Å². The Kier molecular flexibility index (Phi) is 6.01. The second kappa shape index (κ2) is 9.09. The van der Waals surface area contributed by atoms with Gasteiger partial charge in [0.05, 0.1) is 11.7 Å². The molecule has 1 aromatic heterocycles. The molecule has 4 heterocycles. The van der Waals surface area contributed by atoms with Gasteiger partial charge in [0.2, 0.25) is 11.8 Å². The van der Waals surface area contributed by atoms with Crippen LogP contribution in [0.1, 0.15) is 61.3 Å². The predicted octanol–water partition coefficient (Wildman–Crippen LogP) is 2.89. The Labute approximate surface area is 195 Å². The summed E-state index contributed by atoms with van der Waals surface area (Å²) in [5, 5.41) is 3.26. The monoisotopic (exact) mass is 448 g/mol. The molecule has 0 spiro atoms. The molecule has 0 radical (unpaired) electrons. The predicted molar refractivity (Wildman–Crippen MR) is 127 cm³/mol. The highest BCUT2D eigenvalue weighted by atomic mass is 16.2. The fourth-order valence-electron chi connectivity index (χ4n) is 5.37. The van der Waals surface area contributed by atoms with Gasteiger partial charge < -0.3 is 15.1 Å². The Morgan fingerprint density at radius 3 is 2.61 bits per heavy atom. The molecular formula is C25H32N6O2. The second-order valence-corrected chi connectivity index (χ2v) is 9.25. The van der Waals surface area contributed by atoms with Gasteiger partial charge in [-0.1, -0.05) is 12.1 Å². The second-order valence-electron chi connectivity index (χ2n) is 9.25. The van der Waals surface area contributed by atoms with E-state index in [1.807, 2.05) is 16.8 Å². The molecule has 3 aliphatic rings. The summed E-state index contributed by atoms with van der Waals surface area (Å²) in [6, 6.07) is 8.35. The number of aromatic nitrogens is 2. The quantitative estimate of drug-likeness (QED) is 0.758. The zero-order valence-electron chi connectivity index (χ0n) is 19.5. The molecule has 2 saturated heterocycles. The molecule has 8 nitrogen and oxygen atoms in total. The van der Waals surface area contributed by atoms with E-state index in [0.29, 0.717) is 6.42 Å². The molecule has 2 fully saturated rings. The van der Waals surface area contributed by atoms with Gasteiger partial charge in [-0.25, -0.2) is 9.97 Å². The number of likely N-dealkylation sites (tertiary alicyclic amines) is 1. The first-order chi connectivity index (χ1) is 16.0. The Bertz CT molecular complexity index is 1050. The molecule has 1 aromatic carbocycles. The minimum absolute atomic E-state index is 0.0314. The van der Waals surface area contributed by atoms with Gasteiger partial charge in [0.15, 0.2) is 5.82 Å². The van der Waals surface area contributed by atoms with Crippen molar-refractivity contribution in [1.29, 1.82) is 0 Å². The molecule has 0 bridgehead atoms. The lowest BCUT2D eigenvalue weighted by Gasteiger charge is -2.30. The highest BCUT2D eigenvalue weighted by molar-refractivity contribution is 5.95. The average Bonchev–Trinajstić information content (AvgIpc) is 3.48. The molecule has 174 valence electrons. The van der Waals surface area contributed by atoms with Crippen molar-refractivity contribution in [3.63, 3.8) is 0 Å². The maximum atomic E-state index is 12.1. The van der Waals surface area contributed by atoms with Crippen LogP contribution in [0.5, 0.6) is 0 Å². The molecule has 0 saturated carbocycles. The lowest BCUT2D eigenvalue weighted by molar-refractivity contribution is -0.129. The van der Waals surface area contributed by atoms with Crippen molar-refractivity contribution in [1.82, 2.24) is 19.8 Å². The van der Waals surface area contributed by atoms with Gasteiger partial charge in [0.1, 0.15) is 5.82 Å². The maximum absolute atomic E-state index is 12.1. The number of anilines is 2. The molecule has 3 aliphatic heterocycles. The van der Waals surface area contributed by atoms with Crippen LogP contribution in [0, 0.1) is 0 Å². The third-order valence-corrected chi connectivity index (χ3v) is 7.08. The summed E-state index contributed by atoms with van der Waals surface area (Å²) in [6.45, 7) is 5.77. The number of hydrogen-bond acceptors (Lipinski definition) is 6. The van der Waals surface area contributed by atoms with Crippen molar-refractivity contribution in [3.8, 4) is 0 Å². The van der Waals surface area contributed by atoms with E-state index in [9.17, 15) is 9.59 Å². The molecule has 2 aromatic rings. The number of carbonyl (C=O) groups is 2. The van der Waals surface area contributed by atoms with Gasteiger partial charge in [-0.2, -0.15) is 0 Å². The van der Waals surface area contributed by atoms with E-state index in [1.54, 1.807) is 6.92 Å². The van der Waals surface area contributed by atoms with E-state index in [-0.39, 0.29) is 17.9 Å². The maximum Gasteiger partial charge on any atom is 0.227 e. The first-order valence-electron chi connectivity index (χ1n) is 12.0. The molecule has 33 heavy (non-hydrogen) atoms. The van der Waals surface area contributed by atoms with Crippen LogP contribution >= 0.6 is 0 Å². The van der Waals surface area contributed by atoms with Crippen LogP contribution < -0.4 is 10.2 Å². The minimum atomic E-state index is -0.0314. The molecule has 2 amide bonds. The summed E-state index contributed by atoms with van der Waals surface area (Å²) in [6.07, 6.45) is 4.39. The number of nitrogens with zero attached hydrogens (tertiary/aromatic N) is 5. The first kappa shape index (κ1) is 21.8. The highest BCUT2D eigenvalue weighted by Gasteiger charge is 2.32. The van der Waals surface area contributed by atoms with E-state index >= 15 is 0 Å². The molecular weight excluding hydrogens is 416 g/mol. The van der Waals surface area contributed by atoms with Gasteiger partial charge in [0, 0.05) is 64.4 Å². The fraction of sp³-hybridized carbons (Fsp3) is 0.520. The summed E-state index contributed by atoms with van der Waals surface area (Å²) in [4.78, 5) is 40.1. The zero-order chi connectivity index (χ0) is 22.9. The van der Waals surface area contributed by atoms with Crippen LogP contribution in [0.15, 0.2) is 24.3 Å². The van der Waals surface area contributed by atoms with Gasteiger partial charge in [0.25, 0.3) is 0 Å². The lowest BCUT2D eigenvalue weighted by Crippen LogP contribution is -2.33. The van der Waals surface area contributed by atoms with E-state index in [2.05, 4.69) is 34.5 Å². The average molecular weight is 449 g/mol. The highest BCUT2D eigenvalue weighted by Crippen LogP contribution is 2.33. The number of carbonyl (C=O) groups excluding carboxylic acids is 2. The van der Waals surface area contributed by atoms with Crippen LogP contribution in [0.2, 0.25) is 0 Å². The molecule has 5 rings (SSSR count). The van der Waals surface area contributed by atoms with Crippen molar-refractivity contribution in [2.45, 2.75) is 58.2 Å². The summed E-state index contributed by atoms with van der Waals surface area (Å²) in [5.74, 6) is 1.96. The molecule has 1 N–H and O–H groups in total. The number of benzene rings is 1. The van der Waals surface area contributed by atoms with Crippen molar-refractivity contribution >= 4 is 23.3 Å². The first-order valence-corrected chi connectivity index (χ1v) is 12.0. The van der Waals surface area contributed by atoms with Crippen LogP contribution in [0.25, 0.3) is 0 Å². The smallest absolute Gasteiger partial charge is 0.227 e. The molecule has 0 unspecified atom stereocenters. The SMILES string of the molecule is CNc1nc([C@@H]2CCCN2C(C)=O)nc2c1CCN(Cc1ccc(N3CCCC3=O)cc1)C2. The van der Waals surface area contributed by atoms with Crippen LogP contribution in [0.3, 0.4) is 0 Å². The van der Waals surface area contributed by atoms with Crippen molar-refractivity contribution in [2.24, 2.45) is 0 Å². The van der Waals surface area contributed by atoms with Gasteiger partial charge in [-0.05, 0) is 43.4 Å². The number of rotatable bonds is 5. The Morgan fingerprint density at radius 2 is 1.91 bits per heavy atom. The number of fused-ring (bicyclic) bond motifs is 1. The number of amides is 2. The Balaban J connectivity index is 1.32. The third-order valence-electron chi connectivity index (χ3n) is 7.08. The zero-order valence-corrected chi connectivity index (χ0v) is 19.5. The normalized spacial score (nSPS) is 20.9. The topological polar surface area (TPSA) is 81.7 Å². The van der Waals surface area contributed by atoms with Crippen LogP contribution in [-0.2, 0) is 29.1 Å². The summed E-state index contributed by atoms with van der Waals surface area (Å²) < 4.78 is 0. The van der Waals surface area contributed by atoms with E-state index in [1.165, 1.54) is 11.1 Å². The number of hydrogen-bond donors (Lipinski definition) is 1. The van der Waals surface area contributed by atoms with Crippen molar-refractivity contribution in [2.75, 3.05) is 36.9 Å². The minimum Gasteiger partial charge on any atom is -0.373 e. The third kappa shape index (κ3) is 4.31.